The lowest BCUT2D eigenvalue weighted by Gasteiger charge is -2.44. The Labute approximate surface area is 136 Å². The number of nitrogens with zero attached hydrogens (tertiary/aromatic N) is 1. The predicted molar refractivity (Wildman–Crippen MR) is 89.2 cm³/mol. The minimum absolute atomic E-state index is 0.0213. The van der Waals surface area contributed by atoms with Crippen molar-refractivity contribution in [1.29, 1.82) is 0 Å². The summed E-state index contributed by atoms with van der Waals surface area (Å²) in [6.45, 7) is 3.77. The lowest BCUT2D eigenvalue weighted by molar-refractivity contribution is 0.0620. The van der Waals surface area contributed by atoms with Crippen molar-refractivity contribution >= 4 is 11.5 Å². The molecule has 0 spiro atoms. The van der Waals surface area contributed by atoms with Crippen LogP contribution in [0.1, 0.15) is 28.8 Å². The van der Waals surface area contributed by atoms with E-state index in [4.69, 9.17) is 11.2 Å². The number of terminal acetylenes is 1. The fraction of sp³-hybridized carbons (Fsp3) is 0.421. The number of allylic oxidation sites excluding steroid dienone is 1. The van der Waals surface area contributed by atoms with Crippen molar-refractivity contribution in [3.63, 3.8) is 0 Å². The molecular weight excluding hydrogens is 288 g/mol. The van der Waals surface area contributed by atoms with Crippen LogP contribution in [0.25, 0.3) is 5.57 Å². The molecule has 0 aromatic heterocycles. The first kappa shape index (κ1) is 14.3. The lowest BCUT2D eigenvalue weighted by Crippen LogP contribution is -2.57. The van der Waals surface area contributed by atoms with Crippen LogP contribution >= 0.6 is 0 Å². The number of fused-ring (bicyclic) bond motifs is 4. The number of rotatable bonds is 2. The Hall–Kier alpha value is -2.25. The van der Waals surface area contributed by atoms with E-state index in [1.54, 1.807) is 6.07 Å². The maximum atomic E-state index is 12.6. The summed E-state index contributed by atoms with van der Waals surface area (Å²) in [6.07, 6.45) is 9.78. The number of nitrogens with one attached hydrogen (secondary N) is 1. The summed E-state index contributed by atoms with van der Waals surface area (Å²) in [5.74, 6) is 3.96. The second kappa shape index (κ2) is 5.75. The smallest absolute Gasteiger partial charge is 0.251 e. The monoisotopic (exact) mass is 308 g/mol. The van der Waals surface area contributed by atoms with E-state index in [1.165, 1.54) is 25.9 Å². The number of carbonyl (C=O) groups is 1. The molecule has 1 amide bonds. The number of carbonyl (C=O) groups excluding carboxylic acids is 1. The van der Waals surface area contributed by atoms with Gasteiger partial charge in [0.2, 0.25) is 0 Å². The van der Waals surface area contributed by atoms with Gasteiger partial charge in [0.05, 0.1) is 0 Å². The van der Waals surface area contributed by atoms with Crippen LogP contribution in [-0.4, -0.2) is 43.1 Å². The second-order valence-corrected chi connectivity index (χ2v) is 6.50. The topological polar surface area (TPSA) is 41.6 Å². The van der Waals surface area contributed by atoms with Crippen LogP contribution in [0, 0.1) is 18.3 Å². The van der Waals surface area contributed by atoms with Gasteiger partial charge >= 0.3 is 0 Å². The van der Waals surface area contributed by atoms with E-state index in [2.05, 4.69) is 16.1 Å². The molecular formula is C19H20N2O2. The Bertz CT molecular complexity index is 709. The van der Waals surface area contributed by atoms with Crippen molar-refractivity contribution in [3.8, 4) is 18.1 Å². The molecule has 0 radical (unpaired) electrons. The van der Waals surface area contributed by atoms with E-state index >= 15 is 0 Å². The molecule has 4 aliphatic rings. The minimum atomic E-state index is -0.0213. The van der Waals surface area contributed by atoms with Crippen LogP contribution in [0.5, 0.6) is 5.75 Å². The first-order valence-electron chi connectivity index (χ1n) is 8.22. The molecule has 0 saturated carbocycles. The number of amides is 1. The van der Waals surface area contributed by atoms with Crippen LogP contribution in [0.3, 0.4) is 0 Å². The molecule has 4 heterocycles. The van der Waals surface area contributed by atoms with Gasteiger partial charge < -0.3 is 15.0 Å². The van der Waals surface area contributed by atoms with Crippen LogP contribution in [0.4, 0.5) is 0 Å². The third kappa shape index (κ3) is 2.62. The van der Waals surface area contributed by atoms with Gasteiger partial charge in [-0.05, 0) is 56.1 Å². The molecule has 1 aromatic carbocycles. The van der Waals surface area contributed by atoms with Crippen molar-refractivity contribution in [1.82, 2.24) is 10.2 Å². The fourth-order valence-corrected chi connectivity index (χ4v) is 3.85. The van der Waals surface area contributed by atoms with E-state index in [0.29, 0.717) is 23.8 Å². The van der Waals surface area contributed by atoms with Crippen LogP contribution in [-0.2, 0) is 0 Å². The summed E-state index contributed by atoms with van der Waals surface area (Å²) in [6, 6.07) is 5.78. The molecule has 5 rings (SSSR count). The third-order valence-corrected chi connectivity index (χ3v) is 5.19. The van der Waals surface area contributed by atoms with Crippen molar-refractivity contribution in [3.05, 3.63) is 35.4 Å². The van der Waals surface area contributed by atoms with Crippen LogP contribution < -0.4 is 10.1 Å². The number of hydrogen-bond acceptors (Lipinski definition) is 3. The van der Waals surface area contributed by atoms with E-state index in [9.17, 15) is 4.79 Å². The summed E-state index contributed by atoms with van der Waals surface area (Å²) in [5.41, 5.74) is 2.35. The van der Waals surface area contributed by atoms with Crippen molar-refractivity contribution < 1.29 is 9.53 Å². The average molecular weight is 308 g/mol. The first-order valence-corrected chi connectivity index (χ1v) is 8.22. The Kier molecular flexibility index (Phi) is 3.59. The van der Waals surface area contributed by atoms with Gasteiger partial charge in [-0.25, -0.2) is 0 Å². The quantitative estimate of drug-likeness (QED) is 0.849. The van der Waals surface area contributed by atoms with Gasteiger partial charge in [-0.2, -0.15) is 0 Å². The number of benzene rings is 1. The van der Waals surface area contributed by atoms with Crippen molar-refractivity contribution in [2.75, 3.05) is 26.2 Å². The van der Waals surface area contributed by atoms with Gasteiger partial charge in [-0.15, -0.1) is 6.42 Å². The molecule has 118 valence electrons. The first-order chi connectivity index (χ1) is 11.2. The van der Waals surface area contributed by atoms with E-state index in [-0.39, 0.29) is 11.9 Å². The Balaban J connectivity index is 1.51. The highest BCUT2D eigenvalue weighted by atomic mass is 16.5. The zero-order chi connectivity index (χ0) is 15.8. The lowest BCUT2D eigenvalue weighted by atomic mass is 9.84. The molecule has 4 heteroatoms. The minimum Gasteiger partial charge on any atom is -0.489 e. The highest BCUT2D eigenvalue weighted by molar-refractivity contribution is 5.96. The highest BCUT2D eigenvalue weighted by Gasteiger charge is 2.35. The van der Waals surface area contributed by atoms with Gasteiger partial charge in [0.15, 0.2) is 0 Å². The molecule has 0 aliphatic carbocycles. The van der Waals surface area contributed by atoms with Gasteiger partial charge in [-0.3, -0.25) is 4.79 Å². The summed E-state index contributed by atoms with van der Waals surface area (Å²) >= 11 is 0. The van der Waals surface area contributed by atoms with Crippen LogP contribution in [0.15, 0.2) is 24.3 Å². The number of hydrogen-bond donors (Lipinski definition) is 1. The maximum Gasteiger partial charge on any atom is 0.251 e. The maximum absolute atomic E-state index is 12.6. The molecule has 2 bridgehead atoms. The Morgan fingerprint density at radius 2 is 2.17 bits per heavy atom. The normalized spacial score (nSPS) is 28.1. The highest BCUT2D eigenvalue weighted by Crippen LogP contribution is 2.31. The van der Waals surface area contributed by atoms with Gasteiger partial charge in [0, 0.05) is 29.3 Å². The van der Waals surface area contributed by atoms with E-state index < -0.39 is 0 Å². The van der Waals surface area contributed by atoms with E-state index in [1.807, 2.05) is 18.2 Å². The van der Waals surface area contributed by atoms with Crippen molar-refractivity contribution in [2.24, 2.45) is 5.92 Å². The summed E-state index contributed by atoms with van der Waals surface area (Å²) in [5, 5.41) is 3.21. The van der Waals surface area contributed by atoms with Gasteiger partial charge in [0.25, 0.3) is 5.91 Å². The summed E-state index contributed by atoms with van der Waals surface area (Å²) in [7, 11) is 0. The average Bonchev–Trinajstić information content (AvgIpc) is 2.61. The molecule has 23 heavy (non-hydrogen) atoms. The van der Waals surface area contributed by atoms with Gasteiger partial charge in [-0.1, -0.05) is 5.92 Å². The predicted octanol–water partition coefficient (Wildman–Crippen LogP) is 1.92. The molecule has 3 fully saturated rings. The second-order valence-electron chi connectivity index (χ2n) is 6.50. The third-order valence-electron chi connectivity index (χ3n) is 5.19. The zero-order valence-electron chi connectivity index (χ0n) is 13.0. The van der Waals surface area contributed by atoms with Gasteiger partial charge in [0.1, 0.15) is 12.4 Å². The fourth-order valence-electron chi connectivity index (χ4n) is 3.85. The Morgan fingerprint density at radius 3 is 2.87 bits per heavy atom. The summed E-state index contributed by atoms with van der Waals surface area (Å²) in [4.78, 5) is 15.0. The molecule has 4 aliphatic heterocycles. The molecule has 0 unspecified atom stereocenters. The molecule has 4 nitrogen and oxygen atoms in total. The summed E-state index contributed by atoms with van der Waals surface area (Å²) < 4.78 is 5.63. The molecule has 1 aromatic rings. The van der Waals surface area contributed by atoms with Crippen LogP contribution in [0.2, 0.25) is 0 Å². The van der Waals surface area contributed by atoms with Crippen molar-refractivity contribution in [2.45, 2.75) is 18.9 Å². The number of ether oxygens (including phenoxy) is 1. The zero-order valence-corrected chi connectivity index (χ0v) is 13.0. The SMILES string of the molecule is C#CC1=CCOc2cc(C(=O)N[C@H]3CN4CCC3CC4)ccc21. The molecule has 1 atom stereocenters. The standard InChI is InChI=1S/C19H20N2O2/c1-2-13-7-10-23-18-11-15(3-4-16(13)18)19(22)20-17-12-21-8-5-14(17)6-9-21/h1,3-4,7,11,14,17H,5-6,8-10,12H2,(H,20,22)/t17-/m0/s1. The largest absolute Gasteiger partial charge is 0.489 e. The number of piperidine rings is 3. The molecule has 3 saturated heterocycles. The Morgan fingerprint density at radius 1 is 1.35 bits per heavy atom. The molecule has 1 N–H and O–H groups in total. The van der Waals surface area contributed by atoms with E-state index in [0.717, 1.165) is 17.7 Å².